The van der Waals surface area contributed by atoms with Gasteiger partial charge in [0.1, 0.15) is 5.75 Å². The maximum Gasteiger partial charge on any atom is 0.244 e. The van der Waals surface area contributed by atoms with Crippen LogP contribution in [0, 0.1) is 0 Å². The topological polar surface area (TPSA) is 50.7 Å². The van der Waals surface area contributed by atoms with E-state index in [1.54, 1.807) is 6.21 Å². The van der Waals surface area contributed by atoms with Crippen LogP contribution in [-0.2, 0) is 16.6 Å². The number of nitrogens with zero attached hydrogens (tertiary/aromatic N) is 1. The fourth-order valence-corrected chi connectivity index (χ4v) is 3.21. The van der Waals surface area contributed by atoms with Crippen molar-refractivity contribution in [3.8, 4) is 5.75 Å². The summed E-state index contributed by atoms with van der Waals surface area (Å²) in [5, 5.41) is 6.32. The van der Waals surface area contributed by atoms with Crippen LogP contribution in [0.3, 0.4) is 0 Å². The van der Waals surface area contributed by atoms with Gasteiger partial charge in [-0.05, 0) is 40.3 Å². The highest BCUT2D eigenvalue weighted by molar-refractivity contribution is 6.02. The first-order chi connectivity index (χ1) is 13.9. The van der Waals surface area contributed by atoms with Crippen LogP contribution in [0.15, 0.2) is 65.8 Å². The number of nitrogens with one attached hydrogen (secondary N) is 1. The van der Waals surface area contributed by atoms with Crippen LogP contribution >= 0.6 is 0 Å². The van der Waals surface area contributed by atoms with Gasteiger partial charge in [0.2, 0.25) is 5.91 Å². The Bertz CT molecular complexity index is 1020. The van der Waals surface area contributed by atoms with E-state index in [0.717, 1.165) is 27.6 Å². The number of hydrogen-bond acceptors (Lipinski definition) is 3. The number of hydrogen-bond donors (Lipinski definition) is 1. The molecular formula is C25H28N2O2. The predicted octanol–water partition coefficient (Wildman–Crippen LogP) is 5.23. The molecule has 29 heavy (non-hydrogen) atoms. The minimum atomic E-state index is -0.150. The van der Waals surface area contributed by atoms with Gasteiger partial charge in [-0.2, -0.15) is 5.10 Å². The first-order valence-electron chi connectivity index (χ1n) is 9.94. The Labute approximate surface area is 172 Å². The summed E-state index contributed by atoms with van der Waals surface area (Å²) in [6.45, 7) is 9.03. The Morgan fingerprint density at radius 1 is 1.03 bits per heavy atom. The van der Waals surface area contributed by atoms with Crippen molar-refractivity contribution in [1.82, 2.24) is 5.43 Å². The SMILES string of the molecule is CCOc1ccc2ccccc2c1/C=N\NC(=O)Cc1ccc(C(C)(C)C)cc1. The molecule has 0 heterocycles. The zero-order valence-electron chi connectivity index (χ0n) is 17.5. The Morgan fingerprint density at radius 3 is 2.45 bits per heavy atom. The zero-order chi connectivity index (χ0) is 20.9. The van der Waals surface area contributed by atoms with E-state index in [0.29, 0.717) is 6.61 Å². The monoisotopic (exact) mass is 388 g/mol. The predicted molar refractivity (Wildman–Crippen MR) is 120 cm³/mol. The summed E-state index contributed by atoms with van der Waals surface area (Å²) in [5.74, 6) is 0.602. The van der Waals surface area contributed by atoms with Crippen molar-refractivity contribution in [1.29, 1.82) is 0 Å². The molecule has 4 heteroatoms. The van der Waals surface area contributed by atoms with Gasteiger partial charge in [-0.25, -0.2) is 5.43 Å². The summed E-state index contributed by atoms with van der Waals surface area (Å²) >= 11 is 0. The first-order valence-corrected chi connectivity index (χ1v) is 9.94. The third kappa shape index (κ3) is 5.23. The second-order valence-corrected chi connectivity index (χ2v) is 8.05. The third-order valence-corrected chi connectivity index (χ3v) is 4.80. The molecule has 4 nitrogen and oxygen atoms in total. The van der Waals surface area contributed by atoms with Crippen LogP contribution in [0.2, 0.25) is 0 Å². The van der Waals surface area contributed by atoms with E-state index >= 15 is 0 Å². The van der Waals surface area contributed by atoms with E-state index < -0.39 is 0 Å². The van der Waals surface area contributed by atoms with Gasteiger partial charge in [-0.3, -0.25) is 4.79 Å². The van der Waals surface area contributed by atoms with E-state index in [4.69, 9.17) is 4.74 Å². The molecule has 0 aliphatic heterocycles. The van der Waals surface area contributed by atoms with Gasteiger partial charge in [0.05, 0.1) is 19.2 Å². The molecular weight excluding hydrogens is 360 g/mol. The Hall–Kier alpha value is -3.14. The standard InChI is InChI=1S/C25H28N2O2/c1-5-29-23-15-12-19-8-6-7-9-21(19)22(23)17-26-27-24(28)16-18-10-13-20(14-11-18)25(2,3)4/h6-15,17H,5,16H2,1-4H3,(H,27,28)/b26-17-. The molecule has 0 radical (unpaired) electrons. The number of carbonyl (C=O) groups excluding carboxylic acids is 1. The Morgan fingerprint density at radius 2 is 1.76 bits per heavy atom. The molecule has 0 spiro atoms. The normalized spacial score (nSPS) is 11.7. The molecule has 1 amide bonds. The number of carbonyl (C=O) groups is 1. The Kier molecular flexibility index (Phi) is 6.32. The largest absolute Gasteiger partial charge is 0.493 e. The molecule has 0 unspecified atom stereocenters. The van der Waals surface area contributed by atoms with Crippen molar-refractivity contribution in [2.24, 2.45) is 5.10 Å². The zero-order valence-corrected chi connectivity index (χ0v) is 17.5. The molecule has 0 saturated heterocycles. The smallest absolute Gasteiger partial charge is 0.244 e. The molecule has 0 bridgehead atoms. The highest BCUT2D eigenvalue weighted by atomic mass is 16.5. The number of ether oxygens (including phenoxy) is 1. The summed E-state index contributed by atoms with van der Waals surface area (Å²) in [4.78, 5) is 12.3. The van der Waals surface area contributed by atoms with Gasteiger partial charge in [-0.1, -0.05) is 75.4 Å². The van der Waals surface area contributed by atoms with Crippen molar-refractivity contribution < 1.29 is 9.53 Å². The molecule has 0 aromatic heterocycles. The molecule has 150 valence electrons. The van der Waals surface area contributed by atoms with Gasteiger partial charge >= 0.3 is 0 Å². The highest BCUT2D eigenvalue weighted by Crippen LogP contribution is 2.26. The van der Waals surface area contributed by atoms with Gasteiger partial charge in [0, 0.05) is 5.56 Å². The highest BCUT2D eigenvalue weighted by Gasteiger charge is 2.13. The van der Waals surface area contributed by atoms with Crippen LogP contribution < -0.4 is 10.2 Å². The molecule has 3 aromatic carbocycles. The summed E-state index contributed by atoms with van der Waals surface area (Å²) in [6.07, 6.45) is 1.95. The maximum atomic E-state index is 12.3. The van der Waals surface area contributed by atoms with E-state index in [-0.39, 0.29) is 17.7 Å². The lowest BCUT2D eigenvalue weighted by molar-refractivity contribution is -0.120. The summed E-state index contributed by atoms with van der Waals surface area (Å²) in [6, 6.07) is 20.2. The fourth-order valence-electron chi connectivity index (χ4n) is 3.21. The number of fused-ring (bicyclic) bond motifs is 1. The average molecular weight is 389 g/mol. The van der Waals surface area contributed by atoms with Crippen LogP contribution in [0.5, 0.6) is 5.75 Å². The second kappa shape index (κ2) is 8.91. The van der Waals surface area contributed by atoms with Crippen LogP contribution in [0.25, 0.3) is 10.8 Å². The van der Waals surface area contributed by atoms with Crippen molar-refractivity contribution in [2.45, 2.75) is 39.5 Å². The molecule has 0 atom stereocenters. The minimum Gasteiger partial charge on any atom is -0.493 e. The van der Waals surface area contributed by atoms with Gasteiger partial charge in [0.15, 0.2) is 0 Å². The molecule has 1 N–H and O–H groups in total. The lowest BCUT2D eigenvalue weighted by Gasteiger charge is -2.19. The van der Waals surface area contributed by atoms with Crippen molar-refractivity contribution >= 4 is 22.9 Å². The number of benzene rings is 3. The van der Waals surface area contributed by atoms with Gasteiger partial charge in [-0.15, -0.1) is 0 Å². The Balaban J connectivity index is 1.71. The summed E-state index contributed by atoms with van der Waals surface area (Å²) in [5.41, 5.74) is 5.81. The maximum absolute atomic E-state index is 12.3. The van der Waals surface area contributed by atoms with E-state index in [1.807, 2.05) is 55.5 Å². The number of hydrazone groups is 1. The quantitative estimate of drug-likeness (QED) is 0.464. The lowest BCUT2D eigenvalue weighted by atomic mass is 9.86. The van der Waals surface area contributed by atoms with Crippen LogP contribution in [0.1, 0.15) is 44.4 Å². The molecule has 0 aliphatic carbocycles. The number of amides is 1. The van der Waals surface area contributed by atoms with Crippen LogP contribution in [0.4, 0.5) is 0 Å². The fraction of sp³-hybridized carbons (Fsp3) is 0.280. The molecule has 3 aromatic rings. The third-order valence-electron chi connectivity index (χ3n) is 4.80. The summed E-state index contributed by atoms with van der Waals surface area (Å²) in [7, 11) is 0. The van der Waals surface area contributed by atoms with E-state index in [1.165, 1.54) is 5.56 Å². The average Bonchev–Trinajstić information content (AvgIpc) is 2.69. The van der Waals surface area contributed by atoms with E-state index in [2.05, 4.69) is 43.4 Å². The minimum absolute atomic E-state index is 0.0990. The molecule has 0 aliphatic rings. The van der Waals surface area contributed by atoms with E-state index in [9.17, 15) is 4.79 Å². The molecule has 0 fully saturated rings. The second-order valence-electron chi connectivity index (χ2n) is 8.05. The van der Waals surface area contributed by atoms with Crippen molar-refractivity contribution in [3.63, 3.8) is 0 Å². The van der Waals surface area contributed by atoms with Gasteiger partial charge < -0.3 is 4.74 Å². The van der Waals surface area contributed by atoms with Crippen molar-refractivity contribution in [3.05, 3.63) is 77.4 Å². The molecule has 3 rings (SSSR count). The van der Waals surface area contributed by atoms with Crippen LogP contribution in [-0.4, -0.2) is 18.7 Å². The lowest BCUT2D eigenvalue weighted by Crippen LogP contribution is -2.20. The summed E-state index contributed by atoms with van der Waals surface area (Å²) < 4.78 is 5.73. The first kappa shape index (κ1) is 20.6. The van der Waals surface area contributed by atoms with Gasteiger partial charge in [0.25, 0.3) is 0 Å². The number of rotatable bonds is 6. The van der Waals surface area contributed by atoms with Crippen molar-refractivity contribution in [2.75, 3.05) is 6.61 Å². The molecule has 0 saturated carbocycles.